The fraction of sp³-hybridized carbons (Fsp3) is 0.471. The first-order valence-electron chi connectivity index (χ1n) is 8.04. The van der Waals surface area contributed by atoms with Crippen LogP contribution in [0.5, 0.6) is 0 Å². The predicted molar refractivity (Wildman–Crippen MR) is 87.3 cm³/mol. The zero-order valence-electron chi connectivity index (χ0n) is 13.2. The summed E-state index contributed by atoms with van der Waals surface area (Å²) in [5.74, 6) is -0.659. The van der Waals surface area contributed by atoms with E-state index < -0.39 is 17.5 Å². The van der Waals surface area contributed by atoms with Crippen molar-refractivity contribution in [3.63, 3.8) is 0 Å². The molecule has 128 valence electrons. The number of nitrogens with zero attached hydrogens (tertiary/aromatic N) is 1. The molecule has 1 saturated carbocycles. The molecule has 0 unspecified atom stereocenters. The summed E-state index contributed by atoms with van der Waals surface area (Å²) in [6.45, 7) is 0.186. The Hall–Kier alpha value is -2.08. The number of nitrogens with one attached hydrogen (secondary N) is 1. The highest BCUT2D eigenvalue weighted by atomic mass is 35.5. The van der Waals surface area contributed by atoms with E-state index in [2.05, 4.69) is 5.32 Å². The molecule has 2 aliphatic rings. The number of imide groups is 1. The number of amides is 3. The standard InChI is InChI=1S/C17H19ClN2O4/c18-13-5-3-12(4-6-13)11-24-14(21)7-10-20-15(22)17(19-16(20)23)8-1-2-9-17/h3-6H,1-2,7-11H2,(H,19,23). The number of benzene rings is 1. The van der Waals surface area contributed by atoms with Crippen molar-refractivity contribution in [1.29, 1.82) is 0 Å². The van der Waals surface area contributed by atoms with E-state index in [4.69, 9.17) is 16.3 Å². The van der Waals surface area contributed by atoms with Crippen LogP contribution < -0.4 is 5.32 Å². The van der Waals surface area contributed by atoms with Crippen LogP contribution in [-0.4, -0.2) is 34.9 Å². The summed E-state index contributed by atoms with van der Waals surface area (Å²) in [7, 11) is 0. The van der Waals surface area contributed by atoms with Crippen molar-refractivity contribution < 1.29 is 19.1 Å². The van der Waals surface area contributed by atoms with Gasteiger partial charge in [0.05, 0.1) is 6.42 Å². The van der Waals surface area contributed by atoms with Gasteiger partial charge in [-0.25, -0.2) is 4.79 Å². The molecule has 1 N–H and O–H groups in total. The molecule has 7 heteroatoms. The quantitative estimate of drug-likeness (QED) is 0.654. The first-order valence-corrected chi connectivity index (χ1v) is 8.42. The number of halogens is 1. The number of ether oxygens (including phenoxy) is 1. The first-order chi connectivity index (χ1) is 11.5. The summed E-state index contributed by atoms with van der Waals surface area (Å²) < 4.78 is 5.16. The summed E-state index contributed by atoms with van der Waals surface area (Å²) in [5.41, 5.74) is 0.0947. The largest absolute Gasteiger partial charge is 0.461 e. The third kappa shape index (κ3) is 3.38. The van der Waals surface area contributed by atoms with Gasteiger partial charge in [-0.3, -0.25) is 14.5 Å². The Morgan fingerprint density at radius 2 is 1.88 bits per heavy atom. The van der Waals surface area contributed by atoms with E-state index >= 15 is 0 Å². The van der Waals surface area contributed by atoms with E-state index in [1.807, 2.05) is 0 Å². The molecule has 1 aliphatic carbocycles. The number of hydrogen-bond donors (Lipinski definition) is 1. The van der Waals surface area contributed by atoms with Crippen LogP contribution in [0.4, 0.5) is 4.79 Å². The van der Waals surface area contributed by atoms with Crippen LogP contribution >= 0.6 is 11.6 Å². The lowest BCUT2D eigenvalue weighted by atomic mass is 9.98. The Bertz CT molecular complexity index is 653. The first kappa shape index (κ1) is 16.8. The second-order valence-electron chi connectivity index (χ2n) is 6.21. The predicted octanol–water partition coefficient (Wildman–Crippen LogP) is 2.64. The molecule has 3 rings (SSSR count). The van der Waals surface area contributed by atoms with Crippen molar-refractivity contribution in [2.75, 3.05) is 6.54 Å². The van der Waals surface area contributed by atoms with Gasteiger partial charge in [-0.2, -0.15) is 0 Å². The number of hydrogen-bond acceptors (Lipinski definition) is 4. The summed E-state index contributed by atoms with van der Waals surface area (Å²) in [5, 5.41) is 3.40. The van der Waals surface area contributed by atoms with Crippen molar-refractivity contribution in [3.8, 4) is 0 Å². The smallest absolute Gasteiger partial charge is 0.325 e. The van der Waals surface area contributed by atoms with Crippen molar-refractivity contribution in [1.82, 2.24) is 10.2 Å². The van der Waals surface area contributed by atoms with E-state index in [9.17, 15) is 14.4 Å². The Morgan fingerprint density at radius 1 is 1.21 bits per heavy atom. The van der Waals surface area contributed by atoms with Crippen molar-refractivity contribution in [2.24, 2.45) is 0 Å². The van der Waals surface area contributed by atoms with Gasteiger partial charge in [0.25, 0.3) is 5.91 Å². The van der Waals surface area contributed by atoms with Crippen LogP contribution in [0.2, 0.25) is 5.02 Å². The van der Waals surface area contributed by atoms with Gasteiger partial charge in [-0.05, 0) is 30.5 Å². The van der Waals surface area contributed by atoms with Crippen LogP contribution in [0.1, 0.15) is 37.7 Å². The molecule has 1 spiro atoms. The minimum atomic E-state index is -0.732. The molecule has 0 radical (unpaired) electrons. The number of rotatable bonds is 5. The van der Waals surface area contributed by atoms with Gasteiger partial charge in [0, 0.05) is 11.6 Å². The van der Waals surface area contributed by atoms with Crippen LogP contribution in [0.25, 0.3) is 0 Å². The van der Waals surface area contributed by atoms with Gasteiger partial charge >= 0.3 is 12.0 Å². The SMILES string of the molecule is O=C(CCN1C(=O)NC2(CCCC2)C1=O)OCc1ccc(Cl)cc1. The molecule has 1 saturated heterocycles. The van der Waals surface area contributed by atoms with Gasteiger partial charge in [0.2, 0.25) is 0 Å². The highest BCUT2D eigenvalue weighted by Crippen LogP contribution is 2.35. The molecule has 0 atom stereocenters. The molecule has 0 bridgehead atoms. The molecule has 2 fully saturated rings. The molecular weight excluding hydrogens is 332 g/mol. The second-order valence-corrected chi connectivity index (χ2v) is 6.65. The molecule has 0 aromatic heterocycles. The van der Waals surface area contributed by atoms with E-state index in [0.29, 0.717) is 17.9 Å². The third-order valence-electron chi connectivity index (χ3n) is 4.56. The lowest BCUT2D eigenvalue weighted by Crippen LogP contribution is -2.44. The van der Waals surface area contributed by atoms with Gasteiger partial charge in [-0.15, -0.1) is 0 Å². The molecule has 1 heterocycles. The summed E-state index contributed by atoms with van der Waals surface area (Å²) >= 11 is 5.79. The molecular formula is C17H19ClN2O4. The van der Waals surface area contributed by atoms with E-state index in [-0.39, 0.29) is 25.5 Å². The topological polar surface area (TPSA) is 75.7 Å². The Balaban J connectivity index is 1.48. The average molecular weight is 351 g/mol. The average Bonchev–Trinajstić information content (AvgIpc) is 3.12. The fourth-order valence-electron chi connectivity index (χ4n) is 3.22. The second kappa shape index (κ2) is 6.81. The van der Waals surface area contributed by atoms with Crippen molar-refractivity contribution in [2.45, 2.75) is 44.2 Å². The summed E-state index contributed by atoms with van der Waals surface area (Å²) in [6, 6.07) is 6.58. The zero-order chi connectivity index (χ0) is 17.2. The fourth-order valence-corrected chi connectivity index (χ4v) is 3.34. The third-order valence-corrected chi connectivity index (χ3v) is 4.81. The van der Waals surface area contributed by atoms with Gasteiger partial charge in [-0.1, -0.05) is 36.6 Å². The van der Waals surface area contributed by atoms with Gasteiger partial charge < -0.3 is 10.1 Å². The molecule has 6 nitrogen and oxygen atoms in total. The number of carbonyl (C=O) groups excluding carboxylic acids is 3. The molecule has 1 aromatic carbocycles. The molecule has 3 amide bonds. The normalized spacial score (nSPS) is 19.0. The highest BCUT2D eigenvalue weighted by Gasteiger charge is 2.52. The maximum absolute atomic E-state index is 12.4. The molecule has 1 aliphatic heterocycles. The summed E-state index contributed by atoms with van der Waals surface area (Å²) in [4.78, 5) is 37.4. The van der Waals surface area contributed by atoms with E-state index in [1.165, 1.54) is 0 Å². The zero-order valence-corrected chi connectivity index (χ0v) is 14.0. The Morgan fingerprint density at radius 3 is 2.54 bits per heavy atom. The van der Waals surface area contributed by atoms with Crippen molar-refractivity contribution in [3.05, 3.63) is 34.9 Å². The minimum Gasteiger partial charge on any atom is -0.461 e. The Labute approximate surface area is 145 Å². The van der Waals surface area contributed by atoms with Crippen molar-refractivity contribution >= 4 is 29.5 Å². The molecule has 24 heavy (non-hydrogen) atoms. The number of esters is 1. The van der Waals surface area contributed by atoms with Crippen LogP contribution in [-0.2, 0) is 20.9 Å². The maximum atomic E-state index is 12.4. The lowest BCUT2D eigenvalue weighted by Gasteiger charge is -2.19. The summed E-state index contributed by atoms with van der Waals surface area (Å²) in [6.07, 6.45) is 3.21. The minimum absolute atomic E-state index is 0.0111. The lowest BCUT2D eigenvalue weighted by molar-refractivity contribution is -0.145. The van der Waals surface area contributed by atoms with Crippen LogP contribution in [0, 0.1) is 0 Å². The van der Waals surface area contributed by atoms with Gasteiger partial charge in [0.15, 0.2) is 0 Å². The van der Waals surface area contributed by atoms with Crippen LogP contribution in [0.3, 0.4) is 0 Å². The van der Waals surface area contributed by atoms with E-state index in [1.54, 1.807) is 24.3 Å². The van der Waals surface area contributed by atoms with Gasteiger partial charge in [0.1, 0.15) is 12.1 Å². The number of carbonyl (C=O) groups is 3. The maximum Gasteiger partial charge on any atom is 0.325 e. The Kier molecular flexibility index (Phi) is 4.76. The van der Waals surface area contributed by atoms with E-state index in [0.717, 1.165) is 23.3 Å². The molecule has 1 aromatic rings. The number of urea groups is 1. The van der Waals surface area contributed by atoms with Crippen LogP contribution in [0.15, 0.2) is 24.3 Å². The highest BCUT2D eigenvalue weighted by molar-refractivity contribution is 6.30. The monoisotopic (exact) mass is 350 g/mol.